The Balaban J connectivity index is 2.19. The summed E-state index contributed by atoms with van der Waals surface area (Å²) in [5.41, 5.74) is 3.84. The van der Waals surface area contributed by atoms with Crippen LogP contribution in [0.4, 0.5) is 5.69 Å². The molecule has 0 amide bonds. The van der Waals surface area contributed by atoms with E-state index in [1.54, 1.807) is 0 Å². The molecule has 2 N–H and O–H groups in total. The van der Waals surface area contributed by atoms with Crippen molar-refractivity contribution in [2.24, 2.45) is 0 Å². The highest BCUT2D eigenvalue weighted by Crippen LogP contribution is 2.16. The van der Waals surface area contributed by atoms with Crippen LogP contribution in [0.5, 0.6) is 0 Å². The lowest BCUT2D eigenvalue weighted by Gasteiger charge is -2.03. The van der Waals surface area contributed by atoms with Crippen molar-refractivity contribution < 1.29 is 4.99 Å². The van der Waals surface area contributed by atoms with E-state index in [4.69, 9.17) is 0 Å². The third kappa shape index (κ3) is 1.95. The van der Waals surface area contributed by atoms with Crippen LogP contribution in [-0.2, 0) is 0 Å². The minimum atomic E-state index is 1.10. The lowest BCUT2D eigenvalue weighted by molar-refractivity contribution is -0.447. The average Bonchev–Trinajstić information content (AvgIpc) is 2.64. The van der Waals surface area contributed by atoms with Crippen molar-refractivity contribution in [3.05, 3.63) is 29.3 Å². The molecule has 0 fully saturated rings. The summed E-state index contributed by atoms with van der Waals surface area (Å²) in [6, 6.07) is 6.50. The molecule has 0 unspecified atom stereocenters. The maximum Gasteiger partial charge on any atom is 0.247 e. The second-order valence-electron chi connectivity index (χ2n) is 3.95. The quantitative estimate of drug-likeness (QED) is 0.677. The van der Waals surface area contributed by atoms with Gasteiger partial charge in [0.25, 0.3) is 0 Å². The van der Waals surface area contributed by atoms with Crippen LogP contribution in [0.2, 0.25) is 0 Å². The molecular formula is C12H17N2+. The van der Waals surface area contributed by atoms with E-state index in [0.717, 1.165) is 13.0 Å². The molecule has 0 spiro atoms. The van der Waals surface area contributed by atoms with E-state index < -0.39 is 0 Å². The number of amidine groups is 1. The Labute approximate surface area is 85.1 Å². The Kier molecular flexibility index (Phi) is 2.53. The molecule has 1 aromatic carbocycles. The van der Waals surface area contributed by atoms with E-state index in [0.29, 0.717) is 0 Å². The van der Waals surface area contributed by atoms with E-state index in [-0.39, 0.29) is 0 Å². The fourth-order valence-electron chi connectivity index (χ4n) is 1.73. The first-order valence-corrected chi connectivity index (χ1v) is 5.20. The van der Waals surface area contributed by atoms with E-state index >= 15 is 0 Å². The number of hydrogen-bond acceptors (Lipinski definition) is 1. The molecule has 0 saturated carbocycles. The number of aryl methyl sites for hydroxylation is 2. The van der Waals surface area contributed by atoms with Gasteiger partial charge in [0.1, 0.15) is 5.69 Å². The molecule has 14 heavy (non-hydrogen) atoms. The lowest BCUT2D eigenvalue weighted by Crippen LogP contribution is -2.71. The first kappa shape index (κ1) is 9.25. The molecule has 1 heterocycles. The van der Waals surface area contributed by atoms with Crippen molar-refractivity contribution in [2.75, 3.05) is 11.9 Å². The van der Waals surface area contributed by atoms with Gasteiger partial charge in [-0.05, 0) is 37.5 Å². The van der Waals surface area contributed by atoms with Gasteiger partial charge in [0.05, 0.1) is 13.0 Å². The summed E-state index contributed by atoms with van der Waals surface area (Å²) >= 11 is 0. The third-order valence-corrected chi connectivity index (χ3v) is 2.62. The number of rotatable bonds is 1. The summed E-state index contributed by atoms with van der Waals surface area (Å²) < 4.78 is 0. The molecular weight excluding hydrogens is 172 g/mol. The molecule has 1 aromatic rings. The van der Waals surface area contributed by atoms with Crippen molar-refractivity contribution in [1.82, 2.24) is 0 Å². The smallest absolute Gasteiger partial charge is 0.247 e. The van der Waals surface area contributed by atoms with Gasteiger partial charge >= 0.3 is 0 Å². The Morgan fingerprint density at radius 2 is 2.14 bits per heavy atom. The molecule has 1 aliphatic heterocycles. The summed E-state index contributed by atoms with van der Waals surface area (Å²) in [5, 5.41) is 3.46. The number of nitrogens with one attached hydrogen (secondary N) is 2. The minimum absolute atomic E-state index is 1.10. The highest BCUT2D eigenvalue weighted by molar-refractivity contribution is 5.92. The van der Waals surface area contributed by atoms with Gasteiger partial charge in [0, 0.05) is 0 Å². The molecule has 0 aliphatic carbocycles. The summed E-state index contributed by atoms with van der Waals surface area (Å²) in [5.74, 6) is 1.26. The van der Waals surface area contributed by atoms with E-state index in [1.807, 2.05) is 0 Å². The number of anilines is 1. The predicted octanol–water partition coefficient (Wildman–Crippen LogP) is 0.988. The Bertz CT molecular complexity index is 367. The Hall–Kier alpha value is -1.31. The van der Waals surface area contributed by atoms with Crippen LogP contribution in [0.3, 0.4) is 0 Å². The number of hydrogen-bond donors (Lipinski definition) is 2. The molecule has 0 aromatic heterocycles. The lowest BCUT2D eigenvalue weighted by atomic mass is 10.1. The molecule has 2 nitrogen and oxygen atoms in total. The first-order valence-electron chi connectivity index (χ1n) is 5.20. The second-order valence-corrected chi connectivity index (χ2v) is 3.95. The van der Waals surface area contributed by atoms with Gasteiger partial charge in [0.15, 0.2) is 0 Å². The van der Waals surface area contributed by atoms with Gasteiger partial charge in [-0.25, -0.2) is 5.32 Å². The zero-order valence-electron chi connectivity index (χ0n) is 8.85. The maximum absolute atomic E-state index is 3.46. The molecule has 1 aliphatic rings. The maximum atomic E-state index is 3.46. The zero-order chi connectivity index (χ0) is 9.97. The van der Waals surface area contributed by atoms with Crippen LogP contribution >= 0.6 is 0 Å². The summed E-state index contributed by atoms with van der Waals surface area (Å²) in [4.78, 5) is 3.36. The van der Waals surface area contributed by atoms with Crippen molar-refractivity contribution >= 4 is 11.5 Å². The SMILES string of the molecule is Cc1ccc(C)c(NC2=[NH+]CCC2)c1. The molecule has 0 radical (unpaired) electrons. The summed E-state index contributed by atoms with van der Waals surface area (Å²) in [6.45, 7) is 5.36. The third-order valence-electron chi connectivity index (χ3n) is 2.62. The minimum Gasteiger partial charge on any atom is -0.278 e. The fraction of sp³-hybridized carbons (Fsp3) is 0.417. The molecule has 0 bridgehead atoms. The van der Waals surface area contributed by atoms with Crippen LogP contribution in [0, 0.1) is 13.8 Å². The zero-order valence-corrected chi connectivity index (χ0v) is 8.85. The summed E-state index contributed by atoms with van der Waals surface area (Å²) in [7, 11) is 0. The first-order chi connectivity index (χ1) is 6.75. The van der Waals surface area contributed by atoms with Crippen LogP contribution in [0.15, 0.2) is 18.2 Å². The Morgan fingerprint density at radius 3 is 2.86 bits per heavy atom. The monoisotopic (exact) mass is 189 g/mol. The standard InChI is InChI=1S/C12H16N2/c1-9-5-6-10(2)11(8-9)14-12-4-3-7-13-12/h5-6,8H,3-4,7H2,1-2H3,(H,13,14)/p+1. The van der Waals surface area contributed by atoms with Gasteiger partial charge < -0.3 is 0 Å². The molecule has 2 heteroatoms. The molecule has 2 rings (SSSR count). The Morgan fingerprint density at radius 1 is 1.29 bits per heavy atom. The van der Waals surface area contributed by atoms with Crippen LogP contribution in [-0.4, -0.2) is 12.4 Å². The molecule has 74 valence electrons. The molecule has 0 atom stereocenters. The largest absolute Gasteiger partial charge is 0.278 e. The fourth-order valence-corrected chi connectivity index (χ4v) is 1.73. The van der Waals surface area contributed by atoms with Crippen molar-refractivity contribution in [2.45, 2.75) is 26.7 Å². The van der Waals surface area contributed by atoms with Crippen LogP contribution < -0.4 is 10.3 Å². The highest BCUT2D eigenvalue weighted by atomic mass is 15.0. The van der Waals surface area contributed by atoms with Gasteiger partial charge in [-0.2, -0.15) is 0 Å². The van der Waals surface area contributed by atoms with Crippen molar-refractivity contribution in [1.29, 1.82) is 0 Å². The predicted molar refractivity (Wildman–Crippen MR) is 59.6 cm³/mol. The van der Waals surface area contributed by atoms with E-state index in [9.17, 15) is 0 Å². The van der Waals surface area contributed by atoms with Gasteiger partial charge in [-0.1, -0.05) is 12.1 Å². The van der Waals surface area contributed by atoms with Crippen LogP contribution in [0.25, 0.3) is 0 Å². The van der Waals surface area contributed by atoms with Crippen LogP contribution in [0.1, 0.15) is 24.0 Å². The second kappa shape index (κ2) is 3.82. The molecule has 0 saturated heterocycles. The average molecular weight is 189 g/mol. The highest BCUT2D eigenvalue weighted by Gasteiger charge is 2.14. The van der Waals surface area contributed by atoms with Gasteiger partial charge in [-0.15, -0.1) is 0 Å². The van der Waals surface area contributed by atoms with E-state index in [1.165, 1.54) is 29.1 Å². The van der Waals surface area contributed by atoms with Gasteiger partial charge in [-0.3, -0.25) is 4.99 Å². The van der Waals surface area contributed by atoms with Crippen molar-refractivity contribution in [3.8, 4) is 0 Å². The van der Waals surface area contributed by atoms with E-state index in [2.05, 4.69) is 42.4 Å². The summed E-state index contributed by atoms with van der Waals surface area (Å²) in [6.07, 6.45) is 2.39. The van der Waals surface area contributed by atoms with Gasteiger partial charge in [0.2, 0.25) is 5.84 Å². The normalized spacial score (nSPS) is 15.4. The van der Waals surface area contributed by atoms with Crippen molar-refractivity contribution in [3.63, 3.8) is 0 Å². The number of benzene rings is 1. The topological polar surface area (TPSA) is 26.0 Å².